The van der Waals surface area contributed by atoms with Gasteiger partial charge in [0.25, 0.3) is 0 Å². The lowest BCUT2D eigenvalue weighted by Crippen LogP contribution is -2.29. The van der Waals surface area contributed by atoms with Crippen molar-refractivity contribution in [1.82, 2.24) is 9.97 Å². The van der Waals surface area contributed by atoms with E-state index in [1.54, 1.807) is 0 Å². The first-order chi connectivity index (χ1) is 8.27. The van der Waals surface area contributed by atoms with Gasteiger partial charge in [0.15, 0.2) is 6.29 Å². The Kier molecular flexibility index (Phi) is 3.55. The van der Waals surface area contributed by atoms with Crippen molar-refractivity contribution in [3.63, 3.8) is 0 Å². The number of hydrogen-bond donors (Lipinski definition) is 0. The Balaban J connectivity index is 2.32. The number of anilines is 1. The van der Waals surface area contributed by atoms with Crippen molar-refractivity contribution in [2.75, 3.05) is 11.4 Å². The number of carbonyl (C=O) groups excluding carboxylic acids is 1. The third-order valence-electron chi connectivity index (χ3n) is 2.66. The van der Waals surface area contributed by atoms with Gasteiger partial charge in [0.05, 0.1) is 18.1 Å². The number of halogens is 1. The maximum absolute atomic E-state index is 11.0. The highest BCUT2D eigenvalue weighted by atomic mass is 35.5. The molecule has 1 heterocycles. The quantitative estimate of drug-likeness (QED) is 0.589. The Labute approximate surface area is 104 Å². The summed E-state index contributed by atoms with van der Waals surface area (Å²) in [6, 6.07) is 2.46. The van der Waals surface area contributed by atoms with Gasteiger partial charge in [0, 0.05) is 12.6 Å². The second kappa shape index (κ2) is 5.11. The van der Waals surface area contributed by atoms with Gasteiger partial charge in [-0.15, -0.1) is 0 Å². The highest BCUT2D eigenvalue weighted by Crippen LogP contribution is 2.33. The molecule has 0 saturated heterocycles. The summed E-state index contributed by atoms with van der Waals surface area (Å²) in [6.07, 6.45) is 4.53. The predicted molar refractivity (Wildman–Crippen MR) is 63.0 cm³/mol. The van der Waals surface area contributed by atoms with Gasteiger partial charge in [-0.25, -0.2) is 9.97 Å². The summed E-state index contributed by atoms with van der Waals surface area (Å²) in [4.78, 5) is 20.9. The van der Waals surface area contributed by atoms with E-state index >= 15 is 0 Å². The van der Waals surface area contributed by atoms with Gasteiger partial charge in [0.2, 0.25) is 0 Å². The van der Waals surface area contributed by atoms with E-state index in [4.69, 9.17) is 16.9 Å². The Morgan fingerprint density at radius 3 is 2.94 bits per heavy atom. The molecule has 0 atom stereocenters. The summed E-state index contributed by atoms with van der Waals surface area (Å²) in [6.45, 7) is 0.565. The number of carbonyl (C=O) groups is 1. The van der Waals surface area contributed by atoms with Crippen molar-refractivity contribution in [2.24, 2.45) is 0 Å². The van der Waals surface area contributed by atoms with Crippen LogP contribution in [0, 0.1) is 11.3 Å². The maximum atomic E-state index is 11.0. The Morgan fingerprint density at radius 2 is 2.35 bits per heavy atom. The van der Waals surface area contributed by atoms with Crippen LogP contribution >= 0.6 is 11.6 Å². The summed E-state index contributed by atoms with van der Waals surface area (Å²) in [5.74, 6) is 0.540. The molecule has 0 radical (unpaired) electrons. The van der Waals surface area contributed by atoms with E-state index < -0.39 is 0 Å². The summed E-state index contributed by atoms with van der Waals surface area (Å²) in [5, 5.41) is 8.80. The molecule has 1 aliphatic rings. The first-order valence-corrected chi connectivity index (χ1v) is 5.75. The first kappa shape index (κ1) is 11.8. The molecule has 0 aliphatic heterocycles. The van der Waals surface area contributed by atoms with Gasteiger partial charge in [-0.2, -0.15) is 5.26 Å². The molecule has 2 rings (SSSR count). The second-order valence-electron chi connectivity index (χ2n) is 3.85. The van der Waals surface area contributed by atoms with Crippen molar-refractivity contribution in [2.45, 2.75) is 25.3 Å². The molecule has 0 spiro atoms. The van der Waals surface area contributed by atoms with Crippen LogP contribution < -0.4 is 4.90 Å². The average Bonchev–Trinajstić information content (AvgIpc) is 3.14. The zero-order valence-electron chi connectivity index (χ0n) is 9.14. The summed E-state index contributed by atoms with van der Waals surface area (Å²) < 4.78 is 0. The van der Waals surface area contributed by atoms with Crippen LogP contribution in [0.25, 0.3) is 0 Å². The minimum absolute atomic E-state index is 0.160. The van der Waals surface area contributed by atoms with E-state index in [0.29, 0.717) is 36.7 Å². The van der Waals surface area contributed by atoms with Crippen molar-refractivity contribution in [3.8, 4) is 6.07 Å². The molecule has 1 aliphatic carbocycles. The molecule has 17 heavy (non-hydrogen) atoms. The Bertz CT molecular complexity index is 467. The average molecular weight is 251 g/mol. The normalized spacial score (nSPS) is 14.1. The lowest BCUT2D eigenvalue weighted by Gasteiger charge is -2.23. The zero-order valence-corrected chi connectivity index (χ0v) is 9.89. The summed E-state index contributed by atoms with van der Waals surface area (Å²) in [5.41, 5.74) is 0.305. The number of hydrogen-bond acceptors (Lipinski definition) is 5. The molecule has 88 valence electrons. The van der Waals surface area contributed by atoms with Crippen molar-refractivity contribution >= 4 is 23.7 Å². The SMILES string of the molecule is N#CCCN(c1ncnc(Cl)c1C=O)C1CC1. The number of aldehydes is 1. The molecular formula is C11H11ClN4O. The summed E-state index contributed by atoms with van der Waals surface area (Å²) >= 11 is 5.86. The minimum Gasteiger partial charge on any atom is -0.352 e. The fraction of sp³-hybridized carbons (Fsp3) is 0.455. The molecule has 1 saturated carbocycles. The smallest absolute Gasteiger partial charge is 0.156 e. The van der Waals surface area contributed by atoms with Crippen LogP contribution in [0.2, 0.25) is 5.15 Å². The molecule has 1 aromatic rings. The van der Waals surface area contributed by atoms with Gasteiger partial charge in [-0.1, -0.05) is 11.6 Å². The topological polar surface area (TPSA) is 69.9 Å². The van der Waals surface area contributed by atoms with Crippen molar-refractivity contribution < 1.29 is 4.79 Å². The third-order valence-corrected chi connectivity index (χ3v) is 2.96. The van der Waals surface area contributed by atoms with Gasteiger partial charge in [0.1, 0.15) is 17.3 Å². The van der Waals surface area contributed by atoms with Gasteiger partial charge >= 0.3 is 0 Å². The number of nitriles is 1. The second-order valence-corrected chi connectivity index (χ2v) is 4.21. The molecule has 1 fully saturated rings. The molecule has 6 heteroatoms. The van der Waals surface area contributed by atoms with E-state index in [1.165, 1.54) is 6.33 Å². The van der Waals surface area contributed by atoms with E-state index in [0.717, 1.165) is 12.8 Å². The lowest BCUT2D eigenvalue weighted by molar-refractivity contribution is 0.112. The fourth-order valence-corrected chi connectivity index (χ4v) is 1.89. The zero-order chi connectivity index (χ0) is 12.3. The molecule has 5 nitrogen and oxygen atoms in total. The van der Waals surface area contributed by atoms with Crippen LogP contribution in [0.3, 0.4) is 0 Å². The number of nitrogens with zero attached hydrogens (tertiary/aromatic N) is 4. The largest absolute Gasteiger partial charge is 0.352 e. The molecule has 0 amide bonds. The maximum Gasteiger partial charge on any atom is 0.156 e. The molecule has 0 unspecified atom stereocenters. The van der Waals surface area contributed by atoms with Crippen LogP contribution in [-0.2, 0) is 0 Å². The highest BCUT2D eigenvalue weighted by Gasteiger charge is 2.31. The minimum atomic E-state index is 0.160. The van der Waals surface area contributed by atoms with E-state index in [2.05, 4.69) is 16.0 Å². The monoisotopic (exact) mass is 250 g/mol. The van der Waals surface area contributed by atoms with Crippen LogP contribution in [-0.4, -0.2) is 28.8 Å². The van der Waals surface area contributed by atoms with Crippen molar-refractivity contribution in [3.05, 3.63) is 17.0 Å². The van der Waals surface area contributed by atoms with Crippen LogP contribution in [0.5, 0.6) is 0 Å². The van der Waals surface area contributed by atoms with Crippen molar-refractivity contribution in [1.29, 1.82) is 5.26 Å². The van der Waals surface area contributed by atoms with Gasteiger partial charge in [-0.05, 0) is 12.8 Å². The molecular weight excluding hydrogens is 240 g/mol. The van der Waals surface area contributed by atoms with Gasteiger partial charge < -0.3 is 4.90 Å². The van der Waals surface area contributed by atoms with E-state index in [1.807, 2.05) is 4.90 Å². The molecule has 0 aromatic carbocycles. The third kappa shape index (κ3) is 2.53. The highest BCUT2D eigenvalue weighted by molar-refractivity contribution is 6.32. The number of aromatic nitrogens is 2. The Hall–Kier alpha value is -1.67. The van der Waals surface area contributed by atoms with E-state index in [9.17, 15) is 4.79 Å². The Morgan fingerprint density at radius 1 is 1.59 bits per heavy atom. The summed E-state index contributed by atoms with van der Waals surface area (Å²) in [7, 11) is 0. The standard InChI is InChI=1S/C11H11ClN4O/c12-10-9(6-17)11(15-7-14-10)16(5-1-4-13)8-2-3-8/h6-8H,1-3,5H2. The van der Waals surface area contributed by atoms with Gasteiger partial charge in [-0.3, -0.25) is 4.79 Å². The van der Waals surface area contributed by atoms with Crippen LogP contribution in [0.1, 0.15) is 29.6 Å². The lowest BCUT2D eigenvalue weighted by atomic mass is 10.3. The molecule has 0 bridgehead atoms. The predicted octanol–water partition coefficient (Wildman–Crippen LogP) is 1.82. The van der Waals surface area contributed by atoms with Crippen LogP contribution in [0.4, 0.5) is 5.82 Å². The first-order valence-electron chi connectivity index (χ1n) is 5.37. The fourth-order valence-electron chi connectivity index (χ4n) is 1.71. The van der Waals surface area contributed by atoms with E-state index in [-0.39, 0.29) is 5.15 Å². The molecule has 0 N–H and O–H groups in total. The molecule has 1 aromatic heterocycles. The number of rotatable bonds is 5. The van der Waals surface area contributed by atoms with Crippen LogP contribution in [0.15, 0.2) is 6.33 Å².